The maximum Gasteiger partial charge on any atom is 0.189 e. The largest absolute Gasteiger partial charge is 0.507 e. The first kappa shape index (κ1) is 18.4. The van der Waals surface area contributed by atoms with E-state index >= 15 is 0 Å². The lowest BCUT2D eigenvalue weighted by atomic mass is 10.1. The normalized spacial score (nSPS) is 10.7. The maximum atomic E-state index is 12.4. The fourth-order valence-electron chi connectivity index (χ4n) is 2.35. The van der Waals surface area contributed by atoms with Crippen LogP contribution in [0.15, 0.2) is 42.5 Å². The van der Waals surface area contributed by atoms with E-state index in [1.165, 1.54) is 32.4 Å². The molecule has 0 aliphatic carbocycles. The van der Waals surface area contributed by atoms with E-state index in [0.29, 0.717) is 11.5 Å². The molecule has 0 unspecified atom stereocenters. The second-order valence-electron chi connectivity index (χ2n) is 5.53. The van der Waals surface area contributed by atoms with Crippen molar-refractivity contribution < 1.29 is 19.4 Å². The summed E-state index contributed by atoms with van der Waals surface area (Å²) in [5, 5.41) is 10.0. The highest BCUT2D eigenvalue weighted by Gasteiger charge is 2.14. The van der Waals surface area contributed by atoms with E-state index in [0.717, 1.165) is 17.8 Å². The van der Waals surface area contributed by atoms with Crippen LogP contribution in [0.1, 0.15) is 22.8 Å². The van der Waals surface area contributed by atoms with E-state index in [1.54, 1.807) is 6.08 Å². The molecule has 2 aromatic rings. The van der Waals surface area contributed by atoms with Gasteiger partial charge in [-0.1, -0.05) is 18.2 Å². The van der Waals surface area contributed by atoms with E-state index in [9.17, 15) is 9.90 Å². The molecule has 2 aromatic carbocycles. The van der Waals surface area contributed by atoms with Crippen LogP contribution >= 0.6 is 0 Å². The van der Waals surface area contributed by atoms with Crippen molar-refractivity contribution in [3.05, 3.63) is 53.6 Å². The summed E-state index contributed by atoms with van der Waals surface area (Å²) in [6.45, 7) is 3.01. The molecular formula is C20H23NO4. The summed E-state index contributed by atoms with van der Waals surface area (Å²) in [4.78, 5) is 14.5. The number of ketones is 1. The Labute approximate surface area is 148 Å². The lowest BCUT2D eigenvalue weighted by Crippen LogP contribution is -2.15. The van der Waals surface area contributed by atoms with Gasteiger partial charge in [0.1, 0.15) is 5.75 Å². The number of hydrogen-bond acceptors (Lipinski definition) is 5. The molecule has 0 fully saturated rings. The van der Waals surface area contributed by atoms with E-state index in [1.807, 2.05) is 31.3 Å². The predicted octanol–water partition coefficient (Wildman–Crippen LogP) is 3.76. The number of aromatic hydroxyl groups is 1. The Bertz CT molecular complexity index is 766. The van der Waals surface area contributed by atoms with Crippen LogP contribution in [-0.4, -0.2) is 38.7 Å². The Morgan fingerprint density at radius 1 is 1.12 bits per heavy atom. The second-order valence-corrected chi connectivity index (χ2v) is 5.53. The number of benzene rings is 2. The van der Waals surface area contributed by atoms with Crippen molar-refractivity contribution in [2.45, 2.75) is 6.92 Å². The topological polar surface area (TPSA) is 59.0 Å². The monoisotopic (exact) mass is 341 g/mol. The first-order valence-corrected chi connectivity index (χ1v) is 7.98. The lowest BCUT2D eigenvalue weighted by molar-refractivity contribution is 0.104. The smallest absolute Gasteiger partial charge is 0.189 e. The average Bonchev–Trinajstić information content (AvgIpc) is 2.65. The number of phenolic OH excluding ortho intramolecular Hbond substituents is 1. The molecule has 0 bridgehead atoms. The number of phenols is 1. The Morgan fingerprint density at radius 3 is 2.28 bits per heavy atom. The molecule has 0 aromatic heterocycles. The van der Waals surface area contributed by atoms with Gasteiger partial charge in [-0.15, -0.1) is 0 Å². The summed E-state index contributed by atoms with van der Waals surface area (Å²) in [5.74, 6) is 0.306. The molecule has 0 heterocycles. The molecule has 0 atom stereocenters. The maximum absolute atomic E-state index is 12.4. The van der Waals surface area contributed by atoms with Gasteiger partial charge in [0.05, 0.1) is 19.8 Å². The Balaban J connectivity index is 2.20. The van der Waals surface area contributed by atoms with Crippen molar-refractivity contribution in [1.82, 2.24) is 0 Å². The summed E-state index contributed by atoms with van der Waals surface area (Å²) in [5.41, 5.74) is 2.18. The zero-order valence-corrected chi connectivity index (χ0v) is 14.9. The summed E-state index contributed by atoms with van der Waals surface area (Å²) in [6.07, 6.45) is 3.15. The highest BCUT2D eigenvalue weighted by atomic mass is 16.5. The minimum absolute atomic E-state index is 0.146. The molecule has 132 valence electrons. The van der Waals surface area contributed by atoms with E-state index in [2.05, 4.69) is 11.8 Å². The van der Waals surface area contributed by atoms with Crippen LogP contribution in [0.3, 0.4) is 0 Å². The highest BCUT2D eigenvalue weighted by molar-refractivity contribution is 6.09. The number of carbonyl (C=O) groups excluding carboxylic acids is 1. The third-order valence-corrected chi connectivity index (χ3v) is 4.00. The Hall–Kier alpha value is -2.95. The number of allylic oxidation sites excluding steroid dienone is 1. The van der Waals surface area contributed by atoms with Crippen molar-refractivity contribution in [1.29, 1.82) is 0 Å². The fraction of sp³-hybridized carbons (Fsp3) is 0.250. The zero-order valence-electron chi connectivity index (χ0n) is 14.9. The molecule has 0 aliphatic heterocycles. The number of nitrogens with zero attached hydrogens (tertiary/aromatic N) is 1. The number of rotatable bonds is 7. The molecule has 25 heavy (non-hydrogen) atoms. The molecule has 0 radical (unpaired) electrons. The first-order chi connectivity index (χ1) is 12.0. The third kappa shape index (κ3) is 4.32. The number of ether oxygens (including phenoxy) is 2. The van der Waals surface area contributed by atoms with Gasteiger partial charge in [-0.05, 0) is 36.8 Å². The minimum atomic E-state index is -0.312. The van der Waals surface area contributed by atoms with Crippen molar-refractivity contribution in [3.8, 4) is 17.2 Å². The van der Waals surface area contributed by atoms with Gasteiger partial charge < -0.3 is 19.5 Å². The molecule has 2 rings (SSSR count). The van der Waals surface area contributed by atoms with Gasteiger partial charge in [0.25, 0.3) is 0 Å². The summed E-state index contributed by atoms with van der Waals surface area (Å²) in [6, 6.07) is 10.7. The van der Waals surface area contributed by atoms with E-state index < -0.39 is 0 Å². The summed E-state index contributed by atoms with van der Waals surface area (Å²) in [7, 11) is 4.97. The van der Waals surface area contributed by atoms with Crippen LogP contribution in [-0.2, 0) is 0 Å². The molecule has 5 nitrogen and oxygen atoms in total. The Kier molecular flexibility index (Phi) is 6.06. The quantitative estimate of drug-likeness (QED) is 0.614. The SMILES string of the molecule is CCN(C)c1ccc(/C=C/C(=O)c2cc(OC)c(OC)cc2O)cc1. The number of methoxy groups -OCH3 is 2. The molecule has 0 aliphatic rings. The number of carbonyl (C=O) groups is 1. The second kappa shape index (κ2) is 8.24. The van der Waals surface area contributed by atoms with Gasteiger partial charge in [-0.25, -0.2) is 0 Å². The fourth-order valence-corrected chi connectivity index (χ4v) is 2.35. The van der Waals surface area contributed by atoms with Crippen molar-refractivity contribution in [2.75, 3.05) is 32.7 Å². The predicted molar refractivity (Wildman–Crippen MR) is 100.0 cm³/mol. The van der Waals surface area contributed by atoms with Crippen LogP contribution in [0.5, 0.6) is 17.2 Å². The average molecular weight is 341 g/mol. The molecule has 0 spiro atoms. The van der Waals surface area contributed by atoms with Gasteiger partial charge >= 0.3 is 0 Å². The lowest BCUT2D eigenvalue weighted by Gasteiger charge is -2.16. The summed E-state index contributed by atoms with van der Waals surface area (Å²) >= 11 is 0. The van der Waals surface area contributed by atoms with Crippen LogP contribution in [0.4, 0.5) is 5.69 Å². The minimum Gasteiger partial charge on any atom is -0.507 e. The molecule has 0 saturated heterocycles. The summed E-state index contributed by atoms with van der Waals surface area (Å²) < 4.78 is 10.3. The molecular weight excluding hydrogens is 318 g/mol. The number of anilines is 1. The molecule has 0 amide bonds. The van der Waals surface area contributed by atoms with Crippen LogP contribution < -0.4 is 14.4 Å². The van der Waals surface area contributed by atoms with Gasteiger partial charge in [0.2, 0.25) is 0 Å². The van der Waals surface area contributed by atoms with Crippen LogP contribution in [0.25, 0.3) is 6.08 Å². The van der Waals surface area contributed by atoms with Crippen LogP contribution in [0, 0.1) is 0 Å². The number of hydrogen-bond donors (Lipinski definition) is 1. The van der Waals surface area contributed by atoms with Crippen molar-refractivity contribution >= 4 is 17.5 Å². The van der Waals surface area contributed by atoms with E-state index in [4.69, 9.17) is 9.47 Å². The van der Waals surface area contributed by atoms with Gasteiger partial charge in [-0.3, -0.25) is 4.79 Å². The highest BCUT2D eigenvalue weighted by Crippen LogP contribution is 2.34. The van der Waals surface area contributed by atoms with Gasteiger partial charge in [0.15, 0.2) is 17.3 Å². The van der Waals surface area contributed by atoms with Gasteiger partial charge in [-0.2, -0.15) is 0 Å². The molecule has 1 N–H and O–H groups in total. The first-order valence-electron chi connectivity index (χ1n) is 7.98. The molecule has 5 heteroatoms. The van der Waals surface area contributed by atoms with Crippen LogP contribution in [0.2, 0.25) is 0 Å². The van der Waals surface area contributed by atoms with Gasteiger partial charge in [0, 0.05) is 25.3 Å². The van der Waals surface area contributed by atoms with Crippen molar-refractivity contribution in [3.63, 3.8) is 0 Å². The standard InChI is InChI=1S/C20H23NO4/c1-5-21(2)15-9-6-14(7-10-15)8-11-17(22)16-12-19(24-3)20(25-4)13-18(16)23/h6-13,23H,5H2,1-4H3/b11-8+. The van der Waals surface area contributed by atoms with E-state index in [-0.39, 0.29) is 17.1 Å². The van der Waals surface area contributed by atoms with Crippen molar-refractivity contribution in [2.24, 2.45) is 0 Å². The molecule has 0 saturated carbocycles. The third-order valence-electron chi connectivity index (χ3n) is 4.00. The zero-order chi connectivity index (χ0) is 18.4. The Morgan fingerprint density at radius 2 is 1.72 bits per heavy atom.